The van der Waals surface area contributed by atoms with Crippen LogP contribution in [0.5, 0.6) is 0 Å². The first-order valence-corrected chi connectivity index (χ1v) is 11.2. The van der Waals surface area contributed by atoms with E-state index in [1.54, 1.807) is 0 Å². The molecule has 1 aromatic rings. The smallest absolute Gasteiger partial charge is 0.227 e. The van der Waals surface area contributed by atoms with Crippen LogP contribution in [0.15, 0.2) is 28.7 Å². The van der Waals surface area contributed by atoms with E-state index in [2.05, 4.69) is 20.8 Å². The number of carbonyl (C=O) groups excluding carboxylic acids is 1. The van der Waals surface area contributed by atoms with E-state index in [1.165, 1.54) is 38.8 Å². The molecule has 0 aromatic heterocycles. The summed E-state index contributed by atoms with van der Waals surface area (Å²) < 4.78 is 7.28. The third-order valence-electron chi connectivity index (χ3n) is 6.88. The van der Waals surface area contributed by atoms with E-state index < -0.39 is 0 Å². The topological polar surface area (TPSA) is 32.8 Å². The van der Waals surface area contributed by atoms with Crippen molar-refractivity contribution < 1.29 is 9.53 Å². The molecule has 1 saturated carbocycles. The summed E-state index contributed by atoms with van der Waals surface area (Å²) in [6, 6.07) is 8.85. The highest BCUT2D eigenvalue weighted by atomic mass is 79.9. The standard InChI is InChI=1S/C22H31BrN2O2/c1-24(21(26)15-17-5-7-18(23)8-6-17)19-9-11-22(10-4-14-27-22)16-20(19)25-12-2-3-13-25/h5-8,19-20H,2-4,9-16H2,1H3/t19-,20-,22-/m1/s1. The van der Waals surface area contributed by atoms with Crippen LogP contribution in [-0.4, -0.2) is 60.1 Å². The first-order chi connectivity index (χ1) is 13.1. The highest BCUT2D eigenvalue weighted by Gasteiger charge is 2.47. The molecule has 1 aromatic carbocycles. The summed E-state index contributed by atoms with van der Waals surface area (Å²) >= 11 is 3.47. The Labute approximate surface area is 171 Å². The Morgan fingerprint density at radius 3 is 2.63 bits per heavy atom. The van der Waals surface area contributed by atoms with E-state index >= 15 is 0 Å². The van der Waals surface area contributed by atoms with E-state index in [0.717, 1.165) is 35.9 Å². The number of hydrogen-bond donors (Lipinski definition) is 0. The van der Waals surface area contributed by atoms with Crippen LogP contribution in [0.2, 0.25) is 0 Å². The molecule has 4 rings (SSSR count). The molecule has 3 fully saturated rings. The summed E-state index contributed by atoms with van der Waals surface area (Å²) in [6.45, 7) is 3.26. The summed E-state index contributed by atoms with van der Waals surface area (Å²) in [5.74, 6) is 0.231. The van der Waals surface area contributed by atoms with E-state index in [-0.39, 0.29) is 11.5 Å². The van der Waals surface area contributed by atoms with Crippen molar-refractivity contribution in [3.8, 4) is 0 Å². The van der Waals surface area contributed by atoms with Gasteiger partial charge >= 0.3 is 0 Å². The summed E-state index contributed by atoms with van der Waals surface area (Å²) in [4.78, 5) is 17.7. The molecule has 3 aliphatic rings. The van der Waals surface area contributed by atoms with Crippen molar-refractivity contribution in [1.82, 2.24) is 9.80 Å². The minimum absolute atomic E-state index is 0.0827. The van der Waals surface area contributed by atoms with Gasteiger partial charge in [-0.1, -0.05) is 28.1 Å². The fraction of sp³-hybridized carbons (Fsp3) is 0.682. The monoisotopic (exact) mass is 434 g/mol. The van der Waals surface area contributed by atoms with E-state index in [9.17, 15) is 4.79 Å². The fourth-order valence-electron chi connectivity index (χ4n) is 5.32. The van der Waals surface area contributed by atoms with Crippen LogP contribution in [0.3, 0.4) is 0 Å². The summed E-state index contributed by atoms with van der Waals surface area (Å²) in [5, 5.41) is 0. The Morgan fingerprint density at radius 1 is 1.22 bits per heavy atom. The predicted molar refractivity (Wildman–Crippen MR) is 111 cm³/mol. The number of rotatable bonds is 4. The van der Waals surface area contributed by atoms with E-state index in [0.29, 0.717) is 18.5 Å². The zero-order valence-corrected chi connectivity index (χ0v) is 17.9. The maximum absolute atomic E-state index is 13.0. The zero-order valence-electron chi connectivity index (χ0n) is 16.3. The number of amides is 1. The van der Waals surface area contributed by atoms with Crippen molar-refractivity contribution in [2.24, 2.45) is 0 Å². The summed E-state index contributed by atoms with van der Waals surface area (Å²) in [5.41, 5.74) is 1.17. The number of likely N-dealkylation sites (tertiary alicyclic amines) is 1. The van der Waals surface area contributed by atoms with Gasteiger partial charge in [0.05, 0.1) is 12.0 Å². The predicted octanol–water partition coefficient (Wildman–Crippen LogP) is 4.02. The average Bonchev–Trinajstić information content (AvgIpc) is 3.35. The number of ether oxygens (including phenoxy) is 1. The fourth-order valence-corrected chi connectivity index (χ4v) is 5.58. The van der Waals surface area contributed by atoms with Gasteiger partial charge in [0.15, 0.2) is 0 Å². The molecule has 0 unspecified atom stereocenters. The third-order valence-corrected chi connectivity index (χ3v) is 7.40. The van der Waals surface area contributed by atoms with E-state index in [4.69, 9.17) is 4.74 Å². The van der Waals surface area contributed by atoms with Crippen LogP contribution in [0.1, 0.15) is 50.5 Å². The molecule has 1 aliphatic carbocycles. The number of hydrogen-bond acceptors (Lipinski definition) is 3. The third kappa shape index (κ3) is 4.25. The maximum Gasteiger partial charge on any atom is 0.227 e. The second-order valence-corrected chi connectivity index (χ2v) is 9.48. The minimum Gasteiger partial charge on any atom is -0.375 e. The lowest BCUT2D eigenvalue weighted by molar-refractivity contribution is -0.136. The van der Waals surface area contributed by atoms with Crippen molar-refractivity contribution >= 4 is 21.8 Å². The van der Waals surface area contributed by atoms with Crippen LogP contribution >= 0.6 is 15.9 Å². The van der Waals surface area contributed by atoms with Gasteiger partial charge in [0.2, 0.25) is 5.91 Å². The highest BCUT2D eigenvalue weighted by Crippen LogP contribution is 2.43. The highest BCUT2D eigenvalue weighted by molar-refractivity contribution is 9.10. The first kappa shape index (κ1) is 19.4. The van der Waals surface area contributed by atoms with E-state index in [1.807, 2.05) is 36.2 Å². The van der Waals surface area contributed by atoms with Crippen LogP contribution < -0.4 is 0 Å². The Kier molecular flexibility index (Phi) is 5.91. The Morgan fingerprint density at radius 2 is 1.96 bits per heavy atom. The van der Waals surface area contributed by atoms with Crippen molar-refractivity contribution in [3.05, 3.63) is 34.3 Å². The molecular formula is C22H31BrN2O2. The molecule has 0 N–H and O–H groups in total. The summed E-state index contributed by atoms with van der Waals surface area (Å²) in [7, 11) is 2.02. The van der Waals surface area contributed by atoms with Gasteiger partial charge in [-0.05, 0) is 75.7 Å². The van der Waals surface area contributed by atoms with Crippen LogP contribution in [-0.2, 0) is 16.0 Å². The van der Waals surface area contributed by atoms with Crippen molar-refractivity contribution in [3.63, 3.8) is 0 Å². The number of halogens is 1. The van der Waals surface area contributed by atoms with Crippen LogP contribution in [0, 0.1) is 0 Å². The van der Waals surface area contributed by atoms with Crippen molar-refractivity contribution in [2.75, 3.05) is 26.7 Å². The number of benzene rings is 1. The number of nitrogens with zero attached hydrogens (tertiary/aromatic N) is 2. The molecule has 5 heteroatoms. The molecule has 4 nitrogen and oxygen atoms in total. The molecule has 3 atom stereocenters. The molecule has 1 amide bonds. The number of carbonyl (C=O) groups is 1. The lowest BCUT2D eigenvalue weighted by Gasteiger charge is -2.48. The van der Waals surface area contributed by atoms with Crippen LogP contribution in [0.25, 0.3) is 0 Å². The average molecular weight is 435 g/mol. The largest absolute Gasteiger partial charge is 0.375 e. The molecule has 148 valence electrons. The second-order valence-electron chi connectivity index (χ2n) is 8.56. The van der Waals surface area contributed by atoms with Gasteiger partial charge < -0.3 is 9.64 Å². The van der Waals surface area contributed by atoms with Gasteiger partial charge in [-0.2, -0.15) is 0 Å². The normalized spacial score (nSPS) is 31.5. The Balaban J connectivity index is 1.47. The Hall–Kier alpha value is -0.910. The van der Waals surface area contributed by atoms with Gasteiger partial charge in [-0.25, -0.2) is 0 Å². The molecule has 2 aliphatic heterocycles. The lowest BCUT2D eigenvalue weighted by atomic mass is 9.76. The van der Waals surface area contributed by atoms with Gasteiger partial charge in [-0.15, -0.1) is 0 Å². The maximum atomic E-state index is 13.0. The quantitative estimate of drug-likeness (QED) is 0.717. The van der Waals surface area contributed by atoms with Gasteiger partial charge in [0, 0.05) is 30.2 Å². The van der Waals surface area contributed by atoms with Crippen LogP contribution in [0.4, 0.5) is 0 Å². The van der Waals surface area contributed by atoms with Crippen molar-refractivity contribution in [2.45, 2.75) is 69.1 Å². The molecule has 0 radical (unpaired) electrons. The Bertz CT molecular complexity index is 651. The zero-order chi connectivity index (χ0) is 18.9. The molecule has 1 spiro atoms. The van der Waals surface area contributed by atoms with Gasteiger partial charge in [0.1, 0.15) is 0 Å². The summed E-state index contributed by atoms with van der Waals surface area (Å²) in [6.07, 6.45) is 8.68. The molecule has 27 heavy (non-hydrogen) atoms. The molecular weight excluding hydrogens is 404 g/mol. The van der Waals surface area contributed by atoms with Gasteiger partial charge in [0.25, 0.3) is 0 Å². The van der Waals surface area contributed by atoms with Crippen molar-refractivity contribution in [1.29, 1.82) is 0 Å². The minimum atomic E-state index is 0.0827. The second kappa shape index (κ2) is 8.22. The molecule has 0 bridgehead atoms. The molecule has 2 heterocycles. The number of likely N-dealkylation sites (N-methyl/N-ethyl adjacent to an activating group) is 1. The lowest BCUT2D eigenvalue weighted by Crippen LogP contribution is -2.58. The SMILES string of the molecule is CN(C(=O)Cc1ccc(Br)cc1)[C@@H]1CC[C@]2(CCCO2)C[C@H]1N1CCCC1. The first-order valence-electron chi connectivity index (χ1n) is 10.4. The van der Waals surface area contributed by atoms with Gasteiger partial charge in [-0.3, -0.25) is 9.69 Å². The molecule has 2 saturated heterocycles.